The smallest absolute Gasteiger partial charge is 0.230 e. The molecule has 2 N–H and O–H groups in total. The first-order valence-corrected chi connectivity index (χ1v) is 8.50. The van der Waals surface area contributed by atoms with Gasteiger partial charge in [-0.25, -0.2) is 0 Å². The molecule has 2 unspecified atom stereocenters. The number of amides is 2. The first-order chi connectivity index (χ1) is 11.7. The summed E-state index contributed by atoms with van der Waals surface area (Å²) in [6.45, 7) is 0.846. The number of para-hydroxylation sites is 1. The third kappa shape index (κ3) is 2.58. The van der Waals surface area contributed by atoms with Crippen molar-refractivity contribution in [2.24, 2.45) is 5.92 Å². The average molecular weight is 320 g/mol. The van der Waals surface area contributed by atoms with Gasteiger partial charge in [-0.05, 0) is 29.9 Å². The minimum atomic E-state index is -0.150. The Morgan fingerprint density at radius 2 is 1.71 bits per heavy atom. The van der Waals surface area contributed by atoms with Crippen LogP contribution in [-0.2, 0) is 9.59 Å². The highest BCUT2D eigenvalue weighted by molar-refractivity contribution is 5.99. The normalized spacial score (nSPS) is 23.2. The number of anilines is 1. The second-order valence-electron chi connectivity index (χ2n) is 6.52. The zero-order valence-corrected chi connectivity index (χ0v) is 13.4. The SMILES string of the molecule is O=C1CCC(C2CCNc3c(-c4ccccc4)cccc32)C(=O)N1. The number of nitrogens with one attached hydrogen (secondary N) is 2. The molecule has 2 aliphatic rings. The summed E-state index contributed by atoms with van der Waals surface area (Å²) < 4.78 is 0. The molecule has 2 aliphatic heterocycles. The van der Waals surface area contributed by atoms with E-state index >= 15 is 0 Å². The summed E-state index contributed by atoms with van der Waals surface area (Å²) >= 11 is 0. The molecule has 0 saturated carbocycles. The molecule has 24 heavy (non-hydrogen) atoms. The number of imide groups is 1. The van der Waals surface area contributed by atoms with Gasteiger partial charge in [0, 0.05) is 30.1 Å². The van der Waals surface area contributed by atoms with E-state index in [0.29, 0.717) is 12.8 Å². The molecule has 2 aromatic carbocycles. The molecule has 0 bridgehead atoms. The Hall–Kier alpha value is -2.62. The molecule has 0 radical (unpaired) electrons. The first-order valence-electron chi connectivity index (χ1n) is 8.50. The average Bonchev–Trinajstić information content (AvgIpc) is 2.62. The van der Waals surface area contributed by atoms with Gasteiger partial charge in [-0.3, -0.25) is 14.9 Å². The van der Waals surface area contributed by atoms with Gasteiger partial charge in [0.1, 0.15) is 0 Å². The van der Waals surface area contributed by atoms with Gasteiger partial charge < -0.3 is 5.32 Å². The van der Waals surface area contributed by atoms with Crippen LogP contribution in [0.15, 0.2) is 48.5 Å². The van der Waals surface area contributed by atoms with Crippen LogP contribution in [0.4, 0.5) is 5.69 Å². The quantitative estimate of drug-likeness (QED) is 0.835. The lowest BCUT2D eigenvalue weighted by atomic mass is 9.76. The summed E-state index contributed by atoms with van der Waals surface area (Å²) in [5, 5.41) is 6.03. The highest BCUT2D eigenvalue weighted by Gasteiger charge is 2.36. The lowest BCUT2D eigenvalue weighted by molar-refractivity contribution is -0.137. The Morgan fingerprint density at radius 1 is 0.875 bits per heavy atom. The van der Waals surface area contributed by atoms with Gasteiger partial charge in [0.25, 0.3) is 0 Å². The van der Waals surface area contributed by atoms with Crippen LogP contribution in [0, 0.1) is 5.92 Å². The molecule has 0 spiro atoms. The Bertz CT molecular complexity index is 785. The largest absolute Gasteiger partial charge is 0.384 e. The molecule has 2 aromatic rings. The van der Waals surface area contributed by atoms with E-state index in [1.165, 1.54) is 16.7 Å². The minimum absolute atomic E-state index is 0.116. The summed E-state index contributed by atoms with van der Waals surface area (Å²) in [7, 11) is 0. The molecule has 2 heterocycles. The number of carbonyl (C=O) groups is 2. The predicted octanol–water partition coefficient (Wildman–Crippen LogP) is 3.31. The van der Waals surface area contributed by atoms with Crippen LogP contribution in [0.2, 0.25) is 0 Å². The maximum absolute atomic E-state index is 12.3. The van der Waals surface area contributed by atoms with E-state index in [4.69, 9.17) is 0 Å². The zero-order chi connectivity index (χ0) is 16.5. The summed E-state index contributed by atoms with van der Waals surface area (Å²) in [5.41, 5.74) is 4.66. The Labute approximate surface area is 141 Å². The number of hydrogen-bond acceptors (Lipinski definition) is 3. The van der Waals surface area contributed by atoms with E-state index in [1.54, 1.807) is 0 Å². The molecule has 0 aliphatic carbocycles. The highest BCUT2D eigenvalue weighted by atomic mass is 16.2. The Morgan fingerprint density at radius 3 is 2.50 bits per heavy atom. The van der Waals surface area contributed by atoms with Crippen molar-refractivity contribution in [3.05, 3.63) is 54.1 Å². The highest BCUT2D eigenvalue weighted by Crippen LogP contribution is 2.43. The van der Waals surface area contributed by atoms with Gasteiger partial charge in [0.15, 0.2) is 0 Å². The molecule has 2 amide bonds. The lowest BCUT2D eigenvalue weighted by Gasteiger charge is -2.35. The fraction of sp³-hybridized carbons (Fsp3) is 0.300. The predicted molar refractivity (Wildman–Crippen MR) is 93.6 cm³/mol. The summed E-state index contributed by atoms with van der Waals surface area (Å²) in [6.07, 6.45) is 2.00. The second kappa shape index (κ2) is 6.11. The molecule has 1 saturated heterocycles. The number of hydrogen-bond donors (Lipinski definition) is 2. The second-order valence-corrected chi connectivity index (χ2v) is 6.52. The molecule has 0 aromatic heterocycles. The van der Waals surface area contributed by atoms with Crippen molar-refractivity contribution < 1.29 is 9.59 Å². The van der Waals surface area contributed by atoms with Crippen molar-refractivity contribution >= 4 is 17.5 Å². The van der Waals surface area contributed by atoms with E-state index in [1.807, 2.05) is 18.2 Å². The molecule has 4 heteroatoms. The van der Waals surface area contributed by atoms with Gasteiger partial charge >= 0.3 is 0 Å². The zero-order valence-electron chi connectivity index (χ0n) is 13.4. The molecule has 4 nitrogen and oxygen atoms in total. The molecular formula is C20H20N2O2. The van der Waals surface area contributed by atoms with E-state index in [2.05, 4.69) is 41.0 Å². The molecule has 1 fully saturated rings. The maximum atomic E-state index is 12.3. The van der Waals surface area contributed by atoms with Crippen molar-refractivity contribution in [3.63, 3.8) is 0 Å². The summed E-state index contributed by atoms with van der Waals surface area (Å²) in [5.74, 6) is -0.217. The monoisotopic (exact) mass is 320 g/mol. The van der Waals surface area contributed by atoms with E-state index in [-0.39, 0.29) is 23.7 Å². The van der Waals surface area contributed by atoms with Gasteiger partial charge in [-0.1, -0.05) is 48.5 Å². The van der Waals surface area contributed by atoms with Gasteiger partial charge in [0.2, 0.25) is 11.8 Å². The number of fused-ring (bicyclic) bond motifs is 1. The summed E-state index contributed by atoms with van der Waals surface area (Å²) in [4.78, 5) is 23.8. The van der Waals surface area contributed by atoms with Crippen LogP contribution in [-0.4, -0.2) is 18.4 Å². The van der Waals surface area contributed by atoms with Crippen LogP contribution >= 0.6 is 0 Å². The van der Waals surface area contributed by atoms with Gasteiger partial charge in [-0.2, -0.15) is 0 Å². The van der Waals surface area contributed by atoms with Crippen molar-refractivity contribution in [1.82, 2.24) is 5.32 Å². The van der Waals surface area contributed by atoms with E-state index in [0.717, 1.165) is 18.7 Å². The fourth-order valence-electron chi connectivity index (χ4n) is 3.96. The van der Waals surface area contributed by atoms with Crippen LogP contribution in [0.5, 0.6) is 0 Å². The van der Waals surface area contributed by atoms with Crippen LogP contribution in [0.3, 0.4) is 0 Å². The van der Waals surface area contributed by atoms with Crippen molar-refractivity contribution in [2.75, 3.05) is 11.9 Å². The van der Waals surface area contributed by atoms with Crippen LogP contribution in [0.1, 0.15) is 30.7 Å². The van der Waals surface area contributed by atoms with Gasteiger partial charge in [-0.15, -0.1) is 0 Å². The van der Waals surface area contributed by atoms with E-state index in [9.17, 15) is 9.59 Å². The van der Waals surface area contributed by atoms with Crippen molar-refractivity contribution in [2.45, 2.75) is 25.2 Å². The maximum Gasteiger partial charge on any atom is 0.230 e. The molecule has 2 atom stereocenters. The number of piperidine rings is 1. The number of benzene rings is 2. The Balaban J connectivity index is 1.74. The Kier molecular flexibility index (Phi) is 3.81. The molecule has 4 rings (SSSR count). The van der Waals surface area contributed by atoms with Crippen molar-refractivity contribution in [3.8, 4) is 11.1 Å². The topological polar surface area (TPSA) is 58.2 Å². The number of carbonyl (C=O) groups excluding carboxylic acids is 2. The standard InChI is InChI=1S/C20H20N2O2/c23-18-10-9-17(20(24)22-18)15-11-12-21-19-14(7-4-8-16(15)19)13-5-2-1-3-6-13/h1-8,15,17,21H,9-12H2,(H,22,23,24). The molecular weight excluding hydrogens is 300 g/mol. The lowest BCUT2D eigenvalue weighted by Crippen LogP contribution is -2.44. The van der Waals surface area contributed by atoms with Gasteiger partial charge in [0.05, 0.1) is 0 Å². The van der Waals surface area contributed by atoms with Crippen molar-refractivity contribution in [1.29, 1.82) is 0 Å². The minimum Gasteiger partial charge on any atom is -0.384 e. The van der Waals surface area contributed by atoms with Crippen LogP contribution < -0.4 is 10.6 Å². The fourth-order valence-corrected chi connectivity index (χ4v) is 3.96. The third-order valence-corrected chi connectivity index (χ3v) is 5.11. The number of rotatable bonds is 2. The summed E-state index contributed by atoms with van der Waals surface area (Å²) in [6, 6.07) is 16.6. The van der Waals surface area contributed by atoms with E-state index < -0.39 is 0 Å². The molecule has 122 valence electrons. The van der Waals surface area contributed by atoms with Crippen LogP contribution in [0.25, 0.3) is 11.1 Å². The third-order valence-electron chi connectivity index (χ3n) is 5.11. The first kappa shape index (κ1) is 14.9.